The fraction of sp³-hybridized carbons (Fsp3) is 0.400. The number of halogens is 1. The first-order chi connectivity index (χ1) is 9.56. The summed E-state index contributed by atoms with van der Waals surface area (Å²) in [6.07, 6.45) is 2.04. The maximum atomic E-state index is 5.77. The van der Waals surface area contributed by atoms with Gasteiger partial charge in [-0.25, -0.2) is 4.98 Å². The number of aryl methyl sites for hydroxylation is 1. The molecule has 1 radical (unpaired) electrons. The molecular formula is C15H20BrN2OSi. The molecule has 0 bridgehead atoms. The third-order valence-corrected chi connectivity index (χ3v) is 4.71. The molecule has 0 N–H and O–H groups in total. The first-order valence-electron chi connectivity index (χ1n) is 6.73. The van der Waals surface area contributed by atoms with Crippen molar-refractivity contribution < 1.29 is 4.74 Å². The van der Waals surface area contributed by atoms with Gasteiger partial charge >= 0.3 is 0 Å². The predicted octanol–water partition coefficient (Wildman–Crippen LogP) is 4.35. The third-order valence-electron chi connectivity index (χ3n) is 2.98. The van der Waals surface area contributed by atoms with Crippen LogP contribution >= 0.6 is 15.9 Å². The van der Waals surface area contributed by atoms with Gasteiger partial charge in [-0.2, -0.15) is 0 Å². The standard InChI is InChI=1S/C15H20BrN2OSi/c1-12-10-18(11-19-8-9-20(2)3)15(17-12)13-4-6-14(16)7-5-13/h4-7,10H,8-9,11H2,1-3H3. The monoisotopic (exact) mass is 351 g/mol. The van der Waals surface area contributed by atoms with Crippen molar-refractivity contribution in [2.45, 2.75) is 32.8 Å². The SMILES string of the molecule is Cc1cn(COCC[Si](C)C)c(-c2ccc(Br)cc2)n1. The fourth-order valence-electron chi connectivity index (χ4n) is 1.91. The van der Waals surface area contributed by atoms with Crippen LogP contribution in [0.3, 0.4) is 0 Å². The summed E-state index contributed by atoms with van der Waals surface area (Å²) in [5, 5.41) is 0. The highest BCUT2D eigenvalue weighted by Gasteiger charge is 2.08. The average Bonchev–Trinajstić information content (AvgIpc) is 2.76. The molecule has 0 saturated heterocycles. The highest BCUT2D eigenvalue weighted by Crippen LogP contribution is 2.21. The van der Waals surface area contributed by atoms with Crippen molar-refractivity contribution in [3.05, 3.63) is 40.6 Å². The highest BCUT2D eigenvalue weighted by atomic mass is 79.9. The van der Waals surface area contributed by atoms with Gasteiger partial charge in [-0.3, -0.25) is 0 Å². The van der Waals surface area contributed by atoms with E-state index in [1.165, 1.54) is 6.04 Å². The number of benzene rings is 1. The zero-order valence-corrected chi connectivity index (χ0v) is 14.8. The van der Waals surface area contributed by atoms with Crippen LogP contribution < -0.4 is 0 Å². The Labute approximate surface area is 130 Å². The summed E-state index contributed by atoms with van der Waals surface area (Å²) < 4.78 is 8.93. The Morgan fingerprint density at radius 3 is 2.60 bits per heavy atom. The molecule has 1 aromatic heterocycles. The van der Waals surface area contributed by atoms with Crippen molar-refractivity contribution in [1.82, 2.24) is 9.55 Å². The van der Waals surface area contributed by atoms with Crippen molar-refractivity contribution in [2.24, 2.45) is 0 Å². The van der Waals surface area contributed by atoms with Gasteiger partial charge in [0.2, 0.25) is 0 Å². The second-order valence-corrected chi connectivity index (χ2v) is 9.01. The fourth-order valence-corrected chi connectivity index (χ4v) is 2.73. The molecule has 0 fully saturated rings. The molecule has 2 rings (SSSR count). The molecule has 0 spiro atoms. The number of hydrogen-bond acceptors (Lipinski definition) is 2. The molecule has 0 aliphatic heterocycles. The van der Waals surface area contributed by atoms with Gasteiger partial charge in [-0.15, -0.1) is 0 Å². The van der Waals surface area contributed by atoms with Crippen LogP contribution in [-0.4, -0.2) is 25.0 Å². The van der Waals surface area contributed by atoms with Gasteiger partial charge in [-0.1, -0.05) is 41.2 Å². The Kier molecular flexibility index (Phi) is 5.57. The molecule has 1 aromatic carbocycles. The van der Waals surface area contributed by atoms with Crippen molar-refractivity contribution in [2.75, 3.05) is 6.61 Å². The molecule has 0 unspecified atom stereocenters. The zero-order chi connectivity index (χ0) is 14.5. The minimum absolute atomic E-state index is 0.205. The van der Waals surface area contributed by atoms with Crippen LogP contribution in [0.5, 0.6) is 0 Å². The zero-order valence-electron chi connectivity index (χ0n) is 12.2. The maximum absolute atomic E-state index is 5.77. The van der Waals surface area contributed by atoms with Gasteiger partial charge in [-0.05, 0) is 25.1 Å². The Balaban J connectivity index is 2.08. The van der Waals surface area contributed by atoms with E-state index in [9.17, 15) is 0 Å². The van der Waals surface area contributed by atoms with E-state index >= 15 is 0 Å². The lowest BCUT2D eigenvalue weighted by Crippen LogP contribution is -2.09. The van der Waals surface area contributed by atoms with Crippen LogP contribution in [0.15, 0.2) is 34.9 Å². The predicted molar refractivity (Wildman–Crippen MR) is 88.3 cm³/mol. The summed E-state index contributed by atoms with van der Waals surface area (Å²) in [5.74, 6) is 0.966. The smallest absolute Gasteiger partial charge is 0.142 e. The Morgan fingerprint density at radius 2 is 1.95 bits per heavy atom. The molecule has 3 nitrogen and oxygen atoms in total. The van der Waals surface area contributed by atoms with Crippen molar-refractivity contribution in [3.8, 4) is 11.4 Å². The number of rotatable bonds is 6. The summed E-state index contributed by atoms with van der Waals surface area (Å²) in [7, 11) is -0.205. The summed E-state index contributed by atoms with van der Waals surface area (Å²) in [6, 6.07) is 9.40. The van der Waals surface area contributed by atoms with Crippen LogP contribution in [-0.2, 0) is 11.5 Å². The van der Waals surface area contributed by atoms with Crippen molar-refractivity contribution in [1.29, 1.82) is 0 Å². The number of nitrogens with zero attached hydrogens (tertiary/aromatic N) is 2. The number of imidazole rings is 1. The second kappa shape index (κ2) is 7.20. The van der Waals surface area contributed by atoms with Crippen LogP contribution in [0.1, 0.15) is 5.69 Å². The molecule has 107 valence electrons. The molecule has 2 aromatic rings. The van der Waals surface area contributed by atoms with E-state index in [1.807, 2.05) is 25.3 Å². The second-order valence-electron chi connectivity index (χ2n) is 5.18. The molecule has 5 heteroatoms. The Hall–Kier alpha value is -0.913. The van der Waals surface area contributed by atoms with Crippen molar-refractivity contribution >= 4 is 24.7 Å². The van der Waals surface area contributed by atoms with Crippen LogP contribution in [0.25, 0.3) is 11.4 Å². The Morgan fingerprint density at radius 1 is 1.25 bits per heavy atom. The van der Waals surface area contributed by atoms with E-state index < -0.39 is 0 Å². The van der Waals surface area contributed by atoms with Gasteiger partial charge in [0.05, 0.1) is 5.69 Å². The summed E-state index contributed by atoms with van der Waals surface area (Å²) in [5.41, 5.74) is 2.13. The molecular weight excluding hydrogens is 332 g/mol. The van der Waals surface area contributed by atoms with E-state index in [1.54, 1.807) is 0 Å². The van der Waals surface area contributed by atoms with Gasteiger partial charge in [0.25, 0.3) is 0 Å². The summed E-state index contributed by atoms with van der Waals surface area (Å²) >= 11 is 3.46. The molecule has 1 heterocycles. The number of ether oxygens (including phenoxy) is 1. The van der Waals surface area contributed by atoms with Crippen LogP contribution in [0.4, 0.5) is 0 Å². The lowest BCUT2D eigenvalue weighted by molar-refractivity contribution is 0.0886. The van der Waals surface area contributed by atoms with E-state index in [4.69, 9.17) is 4.74 Å². The quantitative estimate of drug-likeness (QED) is 0.571. The summed E-state index contributed by atoms with van der Waals surface area (Å²) in [6.45, 7) is 8.03. The lowest BCUT2D eigenvalue weighted by Gasteiger charge is -2.09. The topological polar surface area (TPSA) is 27.1 Å². The molecule has 0 aliphatic carbocycles. The number of aromatic nitrogens is 2. The average molecular weight is 352 g/mol. The van der Waals surface area contributed by atoms with E-state index in [0.717, 1.165) is 28.2 Å². The minimum atomic E-state index is -0.205. The minimum Gasteiger partial charge on any atom is -0.361 e. The largest absolute Gasteiger partial charge is 0.361 e. The van der Waals surface area contributed by atoms with E-state index in [-0.39, 0.29) is 8.80 Å². The Bertz CT molecular complexity index is 552. The molecule has 0 saturated carbocycles. The lowest BCUT2D eigenvalue weighted by atomic mass is 10.2. The van der Waals surface area contributed by atoms with Crippen LogP contribution in [0.2, 0.25) is 19.1 Å². The first kappa shape index (κ1) is 15.5. The molecule has 0 amide bonds. The van der Waals surface area contributed by atoms with Gasteiger partial charge in [0.1, 0.15) is 12.6 Å². The summed E-state index contributed by atoms with van der Waals surface area (Å²) in [4.78, 5) is 4.60. The van der Waals surface area contributed by atoms with Gasteiger partial charge in [0, 0.05) is 31.6 Å². The first-order valence-corrected chi connectivity index (χ1v) is 10.2. The number of hydrogen-bond donors (Lipinski definition) is 0. The molecule has 20 heavy (non-hydrogen) atoms. The molecule has 0 atom stereocenters. The molecule has 0 aliphatic rings. The normalized spacial score (nSPS) is 11.2. The van der Waals surface area contributed by atoms with Gasteiger partial charge in [0.15, 0.2) is 0 Å². The van der Waals surface area contributed by atoms with Crippen molar-refractivity contribution in [3.63, 3.8) is 0 Å². The van der Waals surface area contributed by atoms with E-state index in [2.05, 4.69) is 50.7 Å². The highest BCUT2D eigenvalue weighted by molar-refractivity contribution is 9.10. The van der Waals surface area contributed by atoms with Crippen LogP contribution in [0, 0.1) is 6.92 Å². The third kappa shape index (κ3) is 4.29. The van der Waals surface area contributed by atoms with Gasteiger partial charge < -0.3 is 9.30 Å². The maximum Gasteiger partial charge on any atom is 0.142 e. The van der Waals surface area contributed by atoms with E-state index in [0.29, 0.717) is 6.73 Å².